The molecule has 0 spiro atoms. The predicted octanol–water partition coefficient (Wildman–Crippen LogP) is 3.61. The second-order valence-corrected chi connectivity index (χ2v) is 7.44. The molecular weight excluding hydrogens is 248 g/mol. The van der Waals surface area contributed by atoms with Gasteiger partial charge in [-0.05, 0) is 85.0 Å². The molecule has 2 heteroatoms. The Bertz CT molecular complexity index is 538. The Labute approximate surface area is 120 Å². The van der Waals surface area contributed by atoms with E-state index in [1.54, 1.807) is 0 Å². The minimum Gasteiger partial charge on any atom is -0.508 e. The molecule has 2 N–H and O–H groups in total. The lowest BCUT2D eigenvalue weighted by atomic mass is 9.55. The third kappa shape index (κ3) is 1.60. The van der Waals surface area contributed by atoms with E-state index in [-0.39, 0.29) is 11.5 Å². The number of benzene rings is 1. The van der Waals surface area contributed by atoms with Gasteiger partial charge in [0.1, 0.15) is 5.75 Å². The van der Waals surface area contributed by atoms with Gasteiger partial charge in [-0.3, -0.25) is 0 Å². The highest BCUT2D eigenvalue weighted by atomic mass is 16.3. The molecule has 1 aromatic rings. The quantitative estimate of drug-likeness (QED) is 0.757. The largest absolute Gasteiger partial charge is 0.508 e. The average molecular weight is 272 g/mol. The van der Waals surface area contributed by atoms with E-state index < -0.39 is 0 Å². The number of aryl methyl sites for hydroxylation is 1. The van der Waals surface area contributed by atoms with Gasteiger partial charge in [0.25, 0.3) is 0 Å². The molecule has 1 aromatic carbocycles. The summed E-state index contributed by atoms with van der Waals surface area (Å²) >= 11 is 0. The fourth-order valence-corrected chi connectivity index (χ4v) is 5.54. The van der Waals surface area contributed by atoms with Crippen LogP contribution in [-0.4, -0.2) is 16.3 Å². The van der Waals surface area contributed by atoms with Crippen molar-refractivity contribution < 1.29 is 10.2 Å². The van der Waals surface area contributed by atoms with Crippen LogP contribution in [0, 0.1) is 17.3 Å². The van der Waals surface area contributed by atoms with Gasteiger partial charge in [0.05, 0.1) is 6.10 Å². The SMILES string of the molecule is C[C@@]12CC[C@H]3c4ccc(O)cc4CC[C@H]3[C@@H]1CCC2O. The van der Waals surface area contributed by atoms with Gasteiger partial charge in [-0.1, -0.05) is 13.0 Å². The van der Waals surface area contributed by atoms with Crippen molar-refractivity contribution in [3.8, 4) is 5.75 Å². The molecule has 3 aliphatic rings. The third-order valence-electron chi connectivity index (χ3n) is 6.66. The van der Waals surface area contributed by atoms with E-state index in [0.29, 0.717) is 17.6 Å². The Kier molecular flexibility index (Phi) is 2.69. The second-order valence-electron chi connectivity index (χ2n) is 7.44. The highest BCUT2D eigenvalue weighted by molar-refractivity contribution is 5.40. The fourth-order valence-electron chi connectivity index (χ4n) is 5.54. The molecule has 0 saturated heterocycles. The van der Waals surface area contributed by atoms with Crippen molar-refractivity contribution in [3.05, 3.63) is 29.3 Å². The minimum absolute atomic E-state index is 0.0883. The van der Waals surface area contributed by atoms with E-state index in [1.807, 2.05) is 12.1 Å². The van der Waals surface area contributed by atoms with E-state index >= 15 is 0 Å². The topological polar surface area (TPSA) is 40.5 Å². The van der Waals surface area contributed by atoms with Crippen molar-refractivity contribution in [2.24, 2.45) is 17.3 Å². The first-order valence-electron chi connectivity index (χ1n) is 8.09. The second kappa shape index (κ2) is 4.24. The number of aliphatic hydroxyl groups excluding tert-OH is 1. The summed E-state index contributed by atoms with van der Waals surface area (Å²) in [7, 11) is 0. The van der Waals surface area contributed by atoms with Crippen LogP contribution in [0.1, 0.15) is 56.1 Å². The number of aliphatic hydroxyl groups is 1. The first kappa shape index (κ1) is 12.7. The van der Waals surface area contributed by atoms with Gasteiger partial charge >= 0.3 is 0 Å². The van der Waals surface area contributed by atoms with Crippen molar-refractivity contribution in [2.75, 3.05) is 0 Å². The van der Waals surface area contributed by atoms with Crippen LogP contribution in [-0.2, 0) is 6.42 Å². The van der Waals surface area contributed by atoms with Gasteiger partial charge < -0.3 is 10.2 Å². The zero-order valence-electron chi connectivity index (χ0n) is 12.2. The summed E-state index contributed by atoms with van der Waals surface area (Å²) < 4.78 is 0. The van der Waals surface area contributed by atoms with Gasteiger partial charge in [-0.2, -0.15) is 0 Å². The van der Waals surface area contributed by atoms with Gasteiger partial charge in [0.15, 0.2) is 0 Å². The van der Waals surface area contributed by atoms with Crippen LogP contribution in [0.15, 0.2) is 18.2 Å². The summed E-state index contributed by atoms with van der Waals surface area (Å²) in [6.45, 7) is 2.32. The van der Waals surface area contributed by atoms with E-state index in [1.165, 1.54) is 30.4 Å². The zero-order valence-corrected chi connectivity index (χ0v) is 12.2. The molecule has 2 fully saturated rings. The Hall–Kier alpha value is -1.02. The van der Waals surface area contributed by atoms with Gasteiger partial charge in [-0.25, -0.2) is 0 Å². The van der Waals surface area contributed by atoms with Crippen molar-refractivity contribution in [1.29, 1.82) is 0 Å². The maximum atomic E-state index is 10.4. The van der Waals surface area contributed by atoms with Crippen molar-refractivity contribution >= 4 is 0 Å². The molecule has 1 unspecified atom stereocenters. The molecule has 0 heterocycles. The van der Waals surface area contributed by atoms with Crippen LogP contribution in [0.2, 0.25) is 0 Å². The minimum atomic E-state index is -0.0883. The molecule has 2 saturated carbocycles. The monoisotopic (exact) mass is 272 g/mol. The normalized spacial score (nSPS) is 42.7. The predicted molar refractivity (Wildman–Crippen MR) is 78.7 cm³/mol. The van der Waals surface area contributed by atoms with Gasteiger partial charge in [0, 0.05) is 0 Å². The highest BCUT2D eigenvalue weighted by Crippen LogP contribution is 2.60. The lowest BCUT2D eigenvalue weighted by Gasteiger charge is -2.50. The van der Waals surface area contributed by atoms with Crippen molar-refractivity contribution in [1.82, 2.24) is 0 Å². The van der Waals surface area contributed by atoms with Crippen LogP contribution in [0.3, 0.4) is 0 Å². The van der Waals surface area contributed by atoms with E-state index in [4.69, 9.17) is 0 Å². The molecule has 2 nitrogen and oxygen atoms in total. The highest BCUT2D eigenvalue weighted by Gasteiger charge is 2.54. The zero-order chi connectivity index (χ0) is 13.9. The Morgan fingerprint density at radius 1 is 1.15 bits per heavy atom. The first-order chi connectivity index (χ1) is 9.59. The number of fused-ring (bicyclic) bond motifs is 5. The Balaban J connectivity index is 1.71. The van der Waals surface area contributed by atoms with Crippen LogP contribution < -0.4 is 0 Å². The molecule has 5 atom stereocenters. The summed E-state index contributed by atoms with van der Waals surface area (Å²) in [5, 5.41) is 20.0. The van der Waals surface area contributed by atoms with Crippen LogP contribution in [0.25, 0.3) is 0 Å². The fraction of sp³-hybridized carbons (Fsp3) is 0.667. The van der Waals surface area contributed by atoms with E-state index in [0.717, 1.165) is 25.2 Å². The number of phenolic OH excluding ortho intramolecular Hbond substituents is 1. The average Bonchev–Trinajstić information content (AvgIpc) is 2.74. The van der Waals surface area contributed by atoms with Gasteiger partial charge in [-0.15, -0.1) is 0 Å². The number of hydrogen-bond donors (Lipinski definition) is 2. The van der Waals surface area contributed by atoms with Gasteiger partial charge in [0.2, 0.25) is 0 Å². The summed E-state index contributed by atoms with van der Waals surface area (Å²) in [5.74, 6) is 2.49. The third-order valence-corrected chi connectivity index (χ3v) is 6.66. The number of hydrogen-bond acceptors (Lipinski definition) is 2. The summed E-state index contributed by atoms with van der Waals surface area (Å²) in [4.78, 5) is 0. The standard InChI is InChI=1S/C18H24O2/c1-18-9-8-14-13-5-3-12(19)10-11(13)2-4-15(14)16(18)6-7-17(18)20/h3,5,10,14-17,19-20H,2,4,6-9H2,1H3/t14-,15+,16-,17?,18+/m0/s1. The maximum Gasteiger partial charge on any atom is 0.115 e. The summed E-state index contributed by atoms with van der Waals surface area (Å²) in [5.41, 5.74) is 2.99. The van der Waals surface area contributed by atoms with Crippen molar-refractivity contribution in [3.63, 3.8) is 0 Å². The lowest BCUT2D eigenvalue weighted by molar-refractivity contribution is -0.0226. The molecule has 0 aliphatic heterocycles. The number of aromatic hydroxyl groups is 1. The molecule has 0 amide bonds. The molecule has 20 heavy (non-hydrogen) atoms. The van der Waals surface area contributed by atoms with Crippen molar-refractivity contribution in [2.45, 2.75) is 57.5 Å². The maximum absolute atomic E-state index is 10.4. The van der Waals surface area contributed by atoms with Crippen LogP contribution in [0.5, 0.6) is 5.75 Å². The molecule has 0 aromatic heterocycles. The van der Waals surface area contributed by atoms with Crippen LogP contribution >= 0.6 is 0 Å². The van der Waals surface area contributed by atoms with E-state index in [2.05, 4.69) is 13.0 Å². The van der Waals surface area contributed by atoms with E-state index in [9.17, 15) is 10.2 Å². The molecule has 4 rings (SSSR count). The molecule has 108 valence electrons. The molecule has 3 aliphatic carbocycles. The smallest absolute Gasteiger partial charge is 0.115 e. The Morgan fingerprint density at radius 2 is 2.00 bits per heavy atom. The lowest BCUT2D eigenvalue weighted by Crippen LogP contribution is -2.43. The molecule has 0 bridgehead atoms. The molecule has 0 radical (unpaired) electrons. The first-order valence-corrected chi connectivity index (χ1v) is 8.09. The number of rotatable bonds is 0. The summed E-state index contributed by atoms with van der Waals surface area (Å²) in [6, 6.07) is 5.96. The molecular formula is C18H24O2. The summed E-state index contributed by atoms with van der Waals surface area (Å²) in [6.07, 6.45) is 6.78. The van der Waals surface area contributed by atoms with Crippen LogP contribution in [0.4, 0.5) is 0 Å². The number of phenols is 1. The Morgan fingerprint density at radius 3 is 2.85 bits per heavy atom.